The van der Waals surface area contributed by atoms with Crippen molar-refractivity contribution in [1.29, 1.82) is 0 Å². The van der Waals surface area contributed by atoms with E-state index >= 15 is 0 Å². The van der Waals surface area contributed by atoms with Gasteiger partial charge in [0.05, 0.1) is 0 Å². The molecule has 2 heterocycles. The summed E-state index contributed by atoms with van der Waals surface area (Å²) >= 11 is 0. The lowest BCUT2D eigenvalue weighted by molar-refractivity contribution is 0.232. The molecule has 0 bridgehead atoms. The number of nitrogens with zero attached hydrogens (tertiary/aromatic N) is 2. The molecule has 2 rings (SSSR count). The molecule has 1 aliphatic rings. The Bertz CT molecular complexity index is 510. The molecule has 112 valence electrons. The van der Waals surface area contributed by atoms with Gasteiger partial charge >= 0.3 is 0 Å². The van der Waals surface area contributed by atoms with Crippen molar-refractivity contribution < 1.29 is 8.42 Å². The fourth-order valence-electron chi connectivity index (χ4n) is 2.29. The number of nitrogens with one attached hydrogen (secondary N) is 1. The number of rotatable bonds is 6. The second-order valence-corrected chi connectivity index (χ2v) is 6.72. The second kappa shape index (κ2) is 7.12. The van der Waals surface area contributed by atoms with E-state index in [1.54, 1.807) is 6.07 Å². The number of pyridine rings is 1. The van der Waals surface area contributed by atoms with Crippen LogP contribution in [0.15, 0.2) is 23.4 Å². The van der Waals surface area contributed by atoms with E-state index in [4.69, 9.17) is 5.73 Å². The Kier molecular flexibility index (Phi) is 5.47. The quantitative estimate of drug-likeness (QED) is 0.789. The average Bonchev–Trinajstić information content (AvgIpc) is 2.48. The molecule has 0 aromatic carbocycles. The van der Waals surface area contributed by atoms with Crippen molar-refractivity contribution in [3.63, 3.8) is 0 Å². The molecule has 6 nitrogen and oxygen atoms in total. The number of hydrogen-bond acceptors (Lipinski definition) is 5. The maximum atomic E-state index is 12.1. The fraction of sp³-hybridized carbons (Fsp3) is 0.615. The third-order valence-corrected chi connectivity index (χ3v) is 4.85. The summed E-state index contributed by atoms with van der Waals surface area (Å²) in [5, 5.41) is 0.0494. The summed E-state index contributed by atoms with van der Waals surface area (Å²) in [6.45, 7) is 3.65. The predicted molar refractivity (Wildman–Crippen MR) is 77.6 cm³/mol. The van der Waals surface area contributed by atoms with Crippen LogP contribution in [0.1, 0.15) is 24.8 Å². The Balaban J connectivity index is 1.86. The van der Waals surface area contributed by atoms with Crippen molar-refractivity contribution in [2.24, 2.45) is 5.73 Å². The predicted octanol–water partition coefficient (Wildman–Crippen LogP) is 0.304. The van der Waals surface area contributed by atoms with Gasteiger partial charge in [-0.1, -0.05) is 12.5 Å². The van der Waals surface area contributed by atoms with Gasteiger partial charge in [-0.3, -0.25) is 0 Å². The monoisotopic (exact) mass is 298 g/mol. The minimum absolute atomic E-state index is 0.0494. The Morgan fingerprint density at radius 2 is 2.00 bits per heavy atom. The van der Waals surface area contributed by atoms with E-state index in [-0.39, 0.29) is 5.03 Å². The average molecular weight is 298 g/mol. The van der Waals surface area contributed by atoms with Crippen molar-refractivity contribution in [2.45, 2.75) is 30.8 Å². The maximum absolute atomic E-state index is 12.1. The molecule has 3 N–H and O–H groups in total. The maximum Gasteiger partial charge on any atom is 0.258 e. The Morgan fingerprint density at radius 3 is 2.60 bits per heavy atom. The molecular formula is C13H22N4O2S. The minimum Gasteiger partial charge on any atom is -0.326 e. The normalized spacial score (nSPS) is 17.2. The molecule has 1 fully saturated rings. The van der Waals surface area contributed by atoms with E-state index < -0.39 is 10.0 Å². The molecule has 1 aliphatic heterocycles. The summed E-state index contributed by atoms with van der Waals surface area (Å²) in [5.74, 6) is 0. The number of likely N-dealkylation sites (tertiary alicyclic amines) is 1. The third kappa shape index (κ3) is 4.24. The molecule has 0 unspecified atom stereocenters. The van der Waals surface area contributed by atoms with Gasteiger partial charge < -0.3 is 10.6 Å². The highest BCUT2D eigenvalue weighted by molar-refractivity contribution is 7.89. The smallest absolute Gasteiger partial charge is 0.258 e. The van der Waals surface area contributed by atoms with Gasteiger partial charge in [0, 0.05) is 25.8 Å². The van der Waals surface area contributed by atoms with Crippen LogP contribution in [0.4, 0.5) is 0 Å². The number of piperidine rings is 1. The van der Waals surface area contributed by atoms with Gasteiger partial charge in [0.2, 0.25) is 0 Å². The number of sulfonamides is 1. The van der Waals surface area contributed by atoms with E-state index in [0.29, 0.717) is 13.1 Å². The van der Waals surface area contributed by atoms with Gasteiger partial charge in [0.1, 0.15) is 0 Å². The van der Waals surface area contributed by atoms with E-state index in [9.17, 15) is 8.42 Å². The van der Waals surface area contributed by atoms with Crippen molar-refractivity contribution in [3.05, 3.63) is 23.9 Å². The number of aromatic nitrogens is 1. The molecule has 0 amide bonds. The van der Waals surface area contributed by atoms with Crippen molar-refractivity contribution in [2.75, 3.05) is 26.2 Å². The van der Waals surface area contributed by atoms with Gasteiger partial charge in [0.15, 0.2) is 5.03 Å². The van der Waals surface area contributed by atoms with Crippen molar-refractivity contribution in [3.8, 4) is 0 Å². The lowest BCUT2D eigenvalue weighted by Gasteiger charge is -2.26. The first-order valence-corrected chi connectivity index (χ1v) is 8.47. The number of hydrogen-bond donors (Lipinski definition) is 2. The molecule has 0 aliphatic carbocycles. The SMILES string of the molecule is NCc1ccc(S(=O)(=O)NCCN2CCCCC2)nc1. The molecule has 1 aromatic heterocycles. The van der Waals surface area contributed by atoms with Crippen LogP contribution in [-0.2, 0) is 16.6 Å². The highest BCUT2D eigenvalue weighted by Crippen LogP contribution is 2.08. The first-order chi connectivity index (χ1) is 9.62. The van der Waals surface area contributed by atoms with Crippen LogP contribution in [-0.4, -0.2) is 44.5 Å². The Morgan fingerprint density at radius 1 is 1.25 bits per heavy atom. The van der Waals surface area contributed by atoms with Gasteiger partial charge in [-0.05, 0) is 37.6 Å². The lowest BCUT2D eigenvalue weighted by atomic mass is 10.1. The van der Waals surface area contributed by atoms with Gasteiger partial charge in [-0.25, -0.2) is 18.1 Å². The summed E-state index contributed by atoms with van der Waals surface area (Å²) in [6.07, 6.45) is 5.18. The molecule has 0 atom stereocenters. The zero-order valence-electron chi connectivity index (χ0n) is 11.6. The highest BCUT2D eigenvalue weighted by atomic mass is 32.2. The van der Waals surface area contributed by atoms with Crippen LogP contribution < -0.4 is 10.5 Å². The van der Waals surface area contributed by atoms with Gasteiger partial charge in [-0.2, -0.15) is 0 Å². The van der Waals surface area contributed by atoms with E-state index in [1.807, 2.05) is 0 Å². The van der Waals surface area contributed by atoms with E-state index in [0.717, 1.165) is 25.2 Å². The highest BCUT2D eigenvalue weighted by Gasteiger charge is 2.16. The zero-order chi connectivity index (χ0) is 14.4. The summed E-state index contributed by atoms with van der Waals surface area (Å²) in [5.41, 5.74) is 6.28. The second-order valence-electron chi connectivity index (χ2n) is 5.01. The lowest BCUT2D eigenvalue weighted by Crippen LogP contribution is -2.37. The fourth-order valence-corrected chi connectivity index (χ4v) is 3.23. The Labute approximate surface area is 120 Å². The summed E-state index contributed by atoms with van der Waals surface area (Å²) in [6, 6.07) is 3.18. The molecule has 0 radical (unpaired) electrons. The molecule has 1 saturated heterocycles. The van der Waals surface area contributed by atoms with Crippen LogP contribution in [0.25, 0.3) is 0 Å². The molecular weight excluding hydrogens is 276 g/mol. The topological polar surface area (TPSA) is 88.3 Å². The van der Waals surface area contributed by atoms with E-state index in [1.165, 1.54) is 31.5 Å². The molecule has 20 heavy (non-hydrogen) atoms. The van der Waals surface area contributed by atoms with Crippen molar-refractivity contribution in [1.82, 2.24) is 14.6 Å². The van der Waals surface area contributed by atoms with E-state index in [2.05, 4.69) is 14.6 Å². The summed E-state index contributed by atoms with van der Waals surface area (Å²) in [7, 11) is -3.51. The largest absolute Gasteiger partial charge is 0.326 e. The van der Waals surface area contributed by atoms with Crippen molar-refractivity contribution >= 4 is 10.0 Å². The summed E-state index contributed by atoms with van der Waals surface area (Å²) < 4.78 is 26.7. The minimum atomic E-state index is -3.51. The van der Waals surface area contributed by atoms with Crippen LogP contribution in [0.2, 0.25) is 0 Å². The van der Waals surface area contributed by atoms with Crippen LogP contribution >= 0.6 is 0 Å². The molecule has 1 aromatic rings. The summed E-state index contributed by atoms with van der Waals surface area (Å²) in [4.78, 5) is 6.23. The third-order valence-electron chi connectivity index (χ3n) is 3.48. The van der Waals surface area contributed by atoms with Gasteiger partial charge in [-0.15, -0.1) is 0 Å². The standard InChI is InChI=1S/C13H22N4O2S/c14-10-12-4-5-13(15-11-12)20(18,19)16-6-9-17-7-2-1-3-8-17/h4-5,11,16H,1-3,6-10,14H2. The first kappa shape index (κ1) is 15.4. The van der Waals surface area contributed by atoms with Crippen LogP contribution in [0, 0.1) is 0 Å². The molecule has 0 saturated carbocycles. The first-order valence-electron chi connectivity index (χ1n) is 6.99. The van der Waals surface area contributed by atoms with Gasteiger partial charge in [0.25, 0.3) is 10.0 Å². The van der Waals surface area contributed by atoms with Crippen LogP contribution in [0.5, 0.6) is 0 Å². The number of nitrogens with two attached hydrogens (primary N) is 1. The van der Waals surface area contributed by atoms with Crippen LogP contribution in [0.3, 0.4) is 0 Å². The zero-order valence-corrected chi connectivity index (χ0v) is 12.4. The molecule has 7 heteroatoms. The Hall–Kier alpha value is -1.02. The molecule has 0 spiro atoms.